The summed E-state index contributed by atoms with van der Waals surface area (Å²) in [7, 11) is 0. The Morgan fingerprint density at radius 2 is 1.94 bits per heavy atom. The molecule has 2 aliphatic rings. The average Bonchev–Trinajstić information content (AvgIpc) is 2.80. The Morgan fingerprint density at radius 3 is 2.56 bits per heavy atom. The van der Waals surface area contributed by atoms with Crippen molar-refractivity contribution < 1.29 is 4.39 Å². The lowest BCUT2D eigenvalue weighted by molar-refractivity contribution is -0.000949. The molecule has 2 fully saturated rings. The summed E-state index contributed by atoms with van der Waals surface area (Å²) in [5.41, 5.74) is 7.77. The van der Waals surface area contributed by atoms with Gasteiger partial charge in [-0.2, -0.15) is 0 Å². The topological polar surface area (TPSA) is 29.3 Å². The molecule has 1 aliphatic carbocycles. The minimum Gasteiger partial charge on any atom is -0.326 e. The largest absolute Gasteiger partial charge is 0.326 e. The van der Waals surface area contributed by atoms with E-state index in [1.54, 1.807) is 6.07 Å². The standard InChI is InChI=1S/C15H21FN2/c16-14-7-12(8-17)3-4-13(14)9-18-10-15(11-18)5-1-2-6-15/h3-4,7H,1-2,5-6,8-11,17H2. The molecule has 0 amide bonds. The Bertz CT molecular complexity index is 430. The van der Waals surface area contributed by atoms with Crippen LogP contribution in [0.4, 0.5) is 4.39 Å². The van der Waals surface area contributed by atoms with Crippen molar-refractivity contribution in [2.75, 3.05) is 13.1 Å². The first-order valence-corrected chi connectivity index (χ1v) is 6.91. The number of hydrogen-bond donors (Lipinski definition) is 1. The van der Waals surface area contributed by atoms with E-state index in [1.165, 1.54) is 25.7 Å². The number of nitrogens with two attached hydrogens (primary N) is 1. The first-order chi connectivity index (χ1) is 8.71. The van der Waals surface area contributed by atoms with Crippen LogP contribution in [0.1, 0.15) is 36.8 Å². The molecule has 3 heteroatoms. The smallest absolute Gasteiger partial charge is 0.128 e. The summed E-state index contributed by atoms with van der Waals surface area (Å²) in [6.07, 6.45) is 5.51. The third-order valence-electron chi connectivity index (χ3n) is 4.53. The third kappa shape index (κ3) is 2.17. The second kappa shape index (κ2) is 4.63. The van der Waals surface area contributed by atoms with Crippen molar-refractivity contribution in [2.45, 2.75) is 38.8 Å². The first-order valence-electron chi connectivity index (χ1n) is 6.91. The maximum absolute atomic E-state index is 13.8. The van der Waals surface area contributed by atoms with Gasteiger partial charge in [0.25, 0.3) is 0 Å². The molecule has 1 heterocycles. The van der Waals surface area contributed by atoms with Crippen LogP contribution in [0.15, 0.2) is 18.2 Å². The van der Waals surface area contributed by atoms with Crippen molar-refractivity contribution in [3.8, 4) is 0 Å². The summed E-state index contributed by atoms with van der Waals surface area (Å²) in [5.74, 6) is -0.106. The fourth-order valence-corrected chi connectivity index (χ4v) is 3.54. The van der Waals surface area contributed by atoms with Crippen LogP contribution in [-0.4, -0.2) is 18.0 Å². The Morgan fingerprint density at radius 1 is 1.22 bits per heavy atom. The molecule has 1 aliphatic heterocycles. The molecule has 2 N–H and O–H groups in total. The van der Waals surface area contributed by atoms with Crippen LogP contribution >= 0.6 is 0 Å². The number of likely N-dealkylation sites (tertiary alicyclic amines) is 1. The number of rotatable bonds is 3. The third-order valence-corrected chi connectivity index (χ3v) is 4.53. The SMILES string of the molecule is NCc1ccc(CN2CC3(CCCC3)C2)c(F)c1. The van der Waals surface area contributed by atoms with Gasteiger partial charge in [0.2, 0.25) is 0 Å². The van der Waals surface area contributed by atoms with Crippen molar-refractivity contribution >= 4 is 0 Å². The molecule has 1 saturated heterocycles. The van der Waals surface area contributed by atoms with Crippen molar-refractivity contribution in [3.63, 3.8) is 0 Å². The number of benzene rings is 1. The molecule has 1 aromatic carbocycles. The van der Waals surface area contributed by atoms with Gasteiger partial charge in [0.1, 0.15) is 5.82 Å². The molecule has 0 unspecified atom stereocenters. The van der Waals surface area contributed by atoms with Crippen LogP contribution in [0.5, 0.6) is 0 Å². The summed E-state index contributed by atoms with van der Waals surface area (Å²) in [6, 6.07) is 5.39. The van der Waals surface area contributed by atoms with Crippen molar-refractivity contribution in [3.05, 3.63) is 35.1 Å². The fourth-order valence-electron chi connectivity index (χ4n) is 3.54. The van der Waals surface area contributed by atoms with E-state index in [-0.39, 0.29) is 5.82 Å². The van der Waals surface area contributed by atoms with Crippen LogP contribution in [0, 0.1) is 11.2 Å². The monoisotopic (exact) mass is 248 g/mol. The molecule has 0 atom stereocenters. The molecule has 0 aromatic heterocycles. The average molecular weight is 248 g/mol. The minimum absolute atomic E-state index is 0.106. The van der Waals surface area contributed by atoms with Crippen LogP contribution in [0.25, 0.3) is 0 Å². The number of nitrogens with zero attached hydrogens (tertiary/aromatic N) is 1. The second-order valence-corrected chi connectivity index (χ2v) is 5.98. The van der Waals surface area contributed by atoms with Gasteiger partial charge in [0.05, 0.1) is 0 Å². The summed E-state index contributed by atoms with van der Waals surface area (Å²) in [5, 5.41) is 0. The molecule has 3 rings (SSSR count). The van der Waals surface area contributed by atoms with E-state index >= 15 is 0 Å². The van der Waals surface area contributed by atoms with Gasteiger partial charge in [-0.05, 0) is 29.9 Å². The zero-order chi connectivity index (χ0) is 12.6. The number of hydrogen-bond acceptors (Lipinski definition) is 2. The van der Waals surface area contributed by atoms with Crippen molar-refractivity contribution in [1.29, 1.82) is 0 Å². The van der Waals surface area contributed by atoms with Gasteiger partial charge >= 0.3 is 0 Å². The lowest BCUT2D eigenvalue weighted by Crippen LogP contribution is -2.54. The van der Waals surface area contributed by atoms with Gasteiger partial charge in [-0.3, -0.25) is 4.90 Å². The van der Waals surface area contributed by atoms with Crippen molar-refractivity contribution in [1.82, 2.24) is 4.90 Å². The highest BCUT2D eigenvalue weighted by Crippen LogP contribution is 2.45. The van der Waals surface area contributed by atoms with Gasteiger partial charge in [0.15, 0.2) is 0 Å². The maximum atomic E-state index is 13.8. The van der Waals surface area contributed by atoms with E-state index in [9.17, 15) is 4.39 Å². The number of halogens is 1. The highest BCUT2D eigenvalue weighted by Gasteiger charge is 2.44. The Balaban J connectivity index is 1.61. The quantitative estimate of drug-likeness (QED) is 0.891. The molecule has 0 radical (unpaired) electrons. The van der Waals surface area contributed by atoms with Gasteiger partial charge in [-0.25, -0.2) is 4.39 Å². The van der Waals surface area contributed by atoms with Gasteiger partial charge < -0.3 is 5.73 Å². The fraction of sp³-hybridized carbons (Fsp3) is 0.600. The molecule has 2 nitrogen and oxygen atoms in total. The Labute approximate surface area is 108 Å². The van der Waals surface area contributed by atoms with Gasteiger partial charge in [-0.15, -0.1) is 0 Å². The lowest BCUT2D eigenvalue weighted by atomic mass is 9.78. The van der Waals surface area contributed by atoms with Crippen molar-refractivity contribution in [2.24, 2.45) is 11.1 Å². The minimum atomic E-state index is -0.106. The molecule has 0 bridgehead atoms. The van der Waals surface area contributed by atoms with E-state index in [0.717, 1.165) is 30.8 Å². The molecule has 1 aromatic rings. The summed E-state index contributed by atoms with van der Waals surface area (Å²) >= 11 is 0. The van der Waals surface area contributed by atoms with E-state index in [2.05, 4.69) is 4.90 Å². The first kappa shape index (κ1) is 12.1. The molecule has 98 valence electrons. The van der Waals surface area contributed by atoms with Crippen LogP contribution in [-0.2, 0) is 13.1 Å². The molecule has 1 spiro atoms. The predicted octanol–water partition coefficient (Wildman–Crippen LogP) is 2.66. The summed E-state index contributed by atoms with van der Waals surface area (Å²) in [4.78, 5) is 2.37. The highest BCUT2D eigenvalue weighted by atomic mass is 19.1. The molecule has 18 heavy (non-hydrogen) atoms. The van der Waals surface area contributed by atoms with Crippen LogP contribution in [0.3, 0.4) is 0 Å². The Kier molecular flexibility index (Phi) is 3.12. The molecular formula is C15H21FN2. The second-order valence-electron chi connectivity index (χ2n) is 5.98. The van der Waals surface area contributed by atoms with Gasteiger partial charge in [0, 0.05) is 31.7 Å². The van der Waals surface area contributed by atoms with E-state index < -0.39 is 0 Å². The molecular weight excluding hydrogens is 227 g/mol. The van der Waals surface area contributed by atoms with Gasteiger partial charge in [-0.1, -0.05) is 25.0 Å². The van der Waals surface area contributed by atoms with E-state index in [4.69, 9.17) is 5.73 Å². The summed E-state index contributed by atoms with van der Waals surface area (Å²) in [6.45, 7) is 3.47. The van der Waals surface area contributed by atoms with Crippen LogP contribution in [0.2, 0.25) is 0 Å². The zero-order valence-electron chi connectivity index (χ0n) is 10.8. The normalized spacial score (nSPS) is 22.3. The zero-order valence-corrected chi connectivity index (χ0v) is 10.8. The lowest BCUT2D eigenvalue weighted by Gasteiger charge is -2.48. The van der Waals surface area contributed by atoms with E-state index in [1.807, 2.05) is 12.1 Å². The maximum Gasteiger partial charge on any atom is 0.128 e. The predicted molar refractivity (Wildman–Crippen MR) is 70.5 cm³/mol. The summed E-state index contributed by atoms with van der Waals surface area (Å²) < 4.78 is 13.8. The molecule has 1 saturated carbocycles. The van der Waals surface area contributed by atoms with E-state index in [0.29, 0.717) is 12.0 Å². The Hall–Kier alpha value is -0.930. The van der Waals surface area contributed by atoms with Crippen LogP contribution < -0.4 is 5.73 Å². The highest BCUT2D eigenvalue weighted by molar-refractivity contribution is 5.24.